The molecule has 3 fully saturated rings. The molecule has 2 unspecified atom stereocenters. The van der Waals surface area contributed by atoms with Crippen molar-refractivity contribution in [2.45, 2.75) is 32.3 Å². The van der Waals surface area contributed by atoms with Gasteiger partial charge < -0.3 is 14.6 Å². The molecule has 2 atom stereocenters. The number of hydrogen-bond donors (Lipinski definition) is 1. The average Bonchev–Trinajstić information content (AvgIpc) is 2.44. The molecule has 0 saturated heterocycles. The van der Waals surface area contributed by atoms with Gasteiger partial charge in [-0.3, -0.25) is 9.59 Å². The summed E-state index contributed by atoms with van der Waals surface area (Å²) in [6, 6.07) is 5.23. The van der Waals surface area contributed by atoms with Crippen molar-refractivity contribution in [1.29, 1.82) is 0 Å². The summed E-state index contributed by atoms with van der Waals surface area (Å²) in [5, 5.41) is 9.37. The SMILES string of the molecule is COc1ccc2c(c1)OC(C13CC(C(=O)O)(C1)C3C)CC2=O. The van der Waals surface area contributed by atoms with Gasteiger partial charge in [0.15, 0.2) is 5.78 Å². The number of aliphatic carboxylic acids is 1. The number of ether oxygens (including phenoxy) is 2. The van der Waals surface area contributed by atoms with Gasteiger partial charge in [-0.2, -0.15) is 0 Å². The molecule has 1 heterocycles. The molecule has 116 valence electrons. The highest BCUT2D eigenvalue weighted by molar-refractivity contribution is 6.00. The van der Waals surface area contributed by atoms with E-state index in [1.165, 1.54) is 0 Å². The Bertz CT molecular complexity index is 686. The first kappa shape index (κ1) is 13.6. The second kappa shape index (κ2) is 4.03. The molecule has 1 aromatic carbocycles. The van der Waals surface area contributed by atoms with Gasteiger partial charge in [0.05, 0.1) is 18.1 Å². The van der Waals surface area contributed by atoms with Crippen LogP contribution >= 0.6 is 0 Å². The maximum absolute atomic E-state index is 12.4. The van der Waals surface area contributed by atoms with Gasteiger partial charge >= 0.3 is 5.97 Å². The highest BCUT2D eigenvalue weighted by Crippen LogP contribution is 2.79. The Balaban J connectivity index is 1.62. The van der Waals surface area contributed by atoms with Crippen molar-refractivity contribution in [1.82, 2.24) is 0 Å². The first-order valence-corrected chi connectivity index (χ1v) is 7.54. The minimum Gasteiger partial charge on any atom is -0.497 e. The summed E-state index contributed by atoms with van der Waals surface area (Å²) < 4.78 is 11.3. The molecule has 1 aromatic rings. The third kappa shape index (κ3) is 1.39. The quantitative estimate of drug-likeness (QED) is 0.929. The normalized spacial score (nSPS) is 38.2. The molecule has 0 amide bonds. The lowest BCUT2D eigenvalue weighted by molar-refractivity contribution is -0.298. The summed E-state index contributed by atoms with van der Waals surface area (Å²) in [6.45, 7) is 1.97. The van der Waals surface area contributed by atoms with E-state index < -0.39 is 11.4 Å². The van der Waals surface area contributed by atoms with E-state index in [2.05, 4.69) is 0 Å². The Kier molecular flexibility index (Phi) is 2.49. The number of fused-ring (bicyclic) bond motifs is 1. The van der Waals surface area contributed by atoms with Crippen LogP contribution in [-0.2, 0) is 4.79 Å². The molecule has 0 radical (unpaired) electrons. The van der Waals surface area contributed by atoms with Crippen molar-refractivity contribution in [3.05, 3.63) is 23.8 Å². The molecule has 4 aliphatic rings. The standard InChI is InChI=1S/C17H18O5/c1-9-16(7-17(9,8-16)15(19)20)14-6-12(18)11-4-3-10(21-2)5-13(11)22-14/h3-5,9,14H,6-8H2,1-2H3,(H,19,20). The summed E-state index contributed by atoms with van der Waals surface area (Å²) in [4.78, 5) is 23.8. The Morgan fingerprint density at radius 1 is 1.41 bits per heavy atom. The number of rotatable bonds is 3. The highest BCUT2D eigenvalue weighted by atomic mass is 16.5. The fourth-order valence-corrected chi connectivity index (χ4v) is 4.62. The number of carbonyl (C=O) groups is 2. The van der Waals surface area contributed by atoms with Crippen LogP contribution in [0.5, 0.6) is 11.5 Å². The van der Waals surface area contributed by atoms with E-state index in [1.54, 1.807) is 25.3 Å². The first-order valence-electron chi connectivity index (χ1n) is 7.54. The monoisotopic (exact) mass is 302 g/mol. The van der Waals surface area contributed by atoms with Crippen LogP contribution in [0.1, 0.15) is 36.5 Å². The largest absolute Gasteiger partial charge is 0.497 e. The summed E-state index contributed by atoms with van der Waals surface area (Å²) in [5.41, 5.74) is -0.153. The van der Waals surface area contributed by atoms with Crippen molar-refractivity contribution < 1.29 is 24.2 Å². The summed E-state index contributed by atoms with van der Waals surface area (Å²) in [6.07, 6.45) is 1.34. The molecule has 1 aliphatic heterocycles. The van der Waals surface area contributed by atoms with Crippen molar-refractivity contribution in [2.24, 2.45) is 16.7 Å². The number of carboxylic acid groups (broad SMARTS) is 1. The maximum atomic E-state index is 12.4. The molecule has 0 spiro atoms. The van der Waals surface area contributed by atoms with Crippen LogP contribution in [0.4, 0.5) is 0 Å². The predicted molar refractivity (Wildman–Crippen MR) is 77.3 cm³/mol. The molecular weight excluding hydrogens is 284 g/mol. The second-order valence-electron chi connectivity index (χ2n) is 6.87. The van der Waals surface area contributed by atoms with Crippen molar-refractivity contribution in [3.63, 3.8) is 0 Å². The lowest BCUT2D eigenvalue weighted by Crippen LogP contribution is -2.77. The fourth-order valence-electron chi connectivity index (χ4n) is 4.62. The minimum absolute atomic E-state index is 0.0578. The number of carboxylic acids is 1. The van der Waals surface area contributed by atoms with Gasteiger partial charge in [0, 0.05) is 17.9 Å². The molecule has 22 heavy (non-hydrogen) atoms. The van der Waals surface area contributed by atoms with Crippen molar-refractivity contribution in [2.75, 3.05) is 7.11 Å². The average molecular weight is 302 g/mol. The molecule has 2 bridgehead atoms. The summed E-state index contributed by atoms with van der Waals surface area (Å²) in [7, 11) is 1.57. The van der Waals surface area contributed by atoms with Crippen molar-refractivity contribution in [3.8, 4) is 11.5 Å². The minimum atomic E-state index is -0.717. The van der Waals surface area contributed by atoms with Crippen LogP contribution < -0.4 is 9.47 Å². The zero-order chi connectivity index (χ0) is 15.7. The predicted octanol–water partition coefficient (Wildman–Crippen LogP) is 2.53. The third-order valence-electron chi connectivity index (χ3n) is 6.18. The van der Waals surface area contributed by atoms with E-state index in [4.69, 9.17) is 9.47 Å². The lowest BCUT2D eigenvalue weighted by Gasteiger charge is -2.75. The molecular formula is C17H18O5. The molecule has 5 heteroatoms. The molecule has 5 nitrogen and oxygen atoms in total. The van der Waals surface area contributed by atoms with Crippen molar-refractivity contribution >= 4 is 11.8 Å². The third-order valence-corrected chi connectivity index (χ3v) is 6.18. The molecule has 3 saturated carbocycles. The topological polar surface area (TPSA) is 72.8 Å². The highest BCUT2D eigenvalue weighted by Gasteiger charge is 2.80. The van der Waals surface area contributed by atoms with Gasteiger partial charge in [0.25, 0.3) is 0 Å². The van der Waals surface area contributed by atoms with Gasteiger partial charge in [-0.1, -0.05) is 6.92 Å². The molecule has 0 aromatic heterocycles. The van der Waals surface area contributed by atoms with E-state index in [-0.39, 0.29) is 23.2 Å². The van der Waals surface area contributed by atoms with E-state index in [0.29, 0.717) is 36.3 Å². The molecule has 3 aliphatic carbocycles. The maximum Gasteiger partial charge on any atom is 0.309 e. The van der Waals surface area contributed by atoms with E-state index >= 15 is 0 Å². The van der Waals surface area contributed by atoms with Gasteiger partial charge in [-0.15, -0.1) is 0 Å². The van der Waals surface area contributed by atoms with Crippen LogP contribution in [-0.4, -0.2) is 30.1 Å². The van der Waals surface area contributed by atoms with E-state index in [0.717, 1.165) is 0 Å². The Morgan fingerprint density at radius 3 is 2.73 bits per heavy atom. The van der Waals surface area contributed by atoms with E-state index in [1.807, 2.05) is 6.92 Å². The fraction of sp³-hybridized carbons (Fsp3) is 0.529. The Labute approximate surface area is 128 Å². The lowest BCUT2D eigenvalue weighted by atomic mass is 9.27. The zero-order valence-electron chi connectivity index (χ0n) is 12.6. The van der Waals surface area contributed by atoms with Gasteiger partial charge in [0.1, 0.15) is 17.6 Å². The Morgan fingerprint density at radius 2 is 2.14 bits per heavy atom. The number of hydrogen-bond acceptors (Lipinski definition) is 4. The van der Waals surface area contributed by atoms with Crippen LogP contribution in [0.2, 0.25) is 0 Å². The number of ketones is 1. The number of benzene rings is 1. The van der Waals surface area contributed by atoms with Crippen LogP contribution in [0.3, 0.4) is 0 Å². The van der Waals surface area contributed by atoms with Crippen LogP contribution in [0.25, 0.3) is 0 Å². The number of carbonyl (C=O) groups excluding carboxylic acids is 1. The van der Waals surface area contributed by atoms with E-state index in [9.17, 15) is 14.7 Å². The van der Waals surface area contributed by atoms with Crippen LogP contribution in [0.15, 0.2) is 18.2 Å². The van der Waals surface area contributed by atoms with Gasteiger partial charge in [-0.05, 0) is 30.9 Å². The molecule has 5 rings (SSSR count). The first-order chi connectivity index (χ1) is 10.4. The number of methoxy groups -OCH3 is 1. The van der Waals surface area contributed by atoms with Crippen LogP contribution in [0, 0.1) is 16.7 Å². The second-order valence-corrected chi connectivity index (χ2v) is 6.87. The smallest absolute Gasteiger partial charge is 0.309 e. The van der Waals surface area contributed by atoms with Gasteiger partial charge in [-0.25, -0.2) is 0 Å². The number of Topliss-reactive ketones (excluding diaryl/α,β-unsaturated/α-hetero) is 1. The summed E-state index contributed by atoms with van der Waals surface area (Å²) >= 11 is 0. The van der Waals surface area contributed by atoms with Gasteiger partial charge in [0.2, 0.25) is 0 Å². The molecule has 1 N–H and O–H groups in total. The Hall–Kier alpha value is -2.04. The zero-order valence-corrected chi connectivity index (χ0v) is 12.6. The summed E-state index contributed by atoms with van der Waals surface area (Å²) in [5.74, 6) is 0.616.